The molecule has 0 saturated carbocycles. The second-order valence-electron chi connectivity index (χ2n) is 10.2. The zero-order valence-electron chi connectivity index (χ0n) is 24.7. The Balaban J connectivity index is 1.12. The minimum absolute atomic E-state index is 0.0737. The maximum absolute atomic E-state index is 12.6. The molecule has 0 amide bonds. The van der Waals surface area contributed by atoms with Crippen LogP contribution in [-0.2, 0) is 25.6 Å². The van der Waals surface area contributed by atoms with E-state index < -0.39 is 17.9 Å². The zero-order chi connectivity index (χ0) is 31.0. The first kappa shape index (κ1) is 32.3. The Morgan fingerprint density at radius 3 is 2.02 bits per heavy atom. The summed E-state index contributed by atoms with van der Waals surface area (Å²) in [5.41, 5.74) is 1.57. The van der Waals surface area contributed by atoms with E-state index in [0.717, 1.165) is 56.6 Å². The minimum atomic E-state index is -0.485. The van der Waals surface area contributed by atoms with Crippen LogP contribution in [-0.4, -0.2) is 44.0 Å². The van der Waals surface area contributed by atoms with Crippen LogP contribution >= 0.6 is 0 Å². The standard InChI is InChI=1S/C35H38O9/c1-2-32(36)40-23-7-4-3-6-22-39-29-18-12-27(13-19-29)34(37)42-25-26-10-16-31(17-11-26)44-35(38)28-14-20-30(21-15-28)43-33-9-5-8-24-41-33/h2,10-21,33H,1,3-9,22-25H2. The molecule has 44 heavy (non-hydrogen) atoms. The average Bonchev–Trinajstić information content (AvgIpc) is 3.06. The van der Waals surface area contributed by atoms with Crippen molar-refractivity contribution in [2.45, 2.75) is 57.8 Å². The molecule has 232 valence electrons. The van der Waals surface area contributed by atoms with E-state index >= 15 is 0 Å². The monoisotopic (exact) mass is 602 g/mol. The lowest BCUT2D eigenvalue weighted by molar-refractivity contribution is -0.137. The van der Waals surface area contributed by atoms with E-state index in [4.69, 9.17) is 28.4 Å². The number of esters is 3. The minimum Gasteiger partial charge on any atom is -0.494 e. The van der Waals surface area contributed by atoms with E-state index in [1.165, 1.54) is 0 Å². The van der Waals surface area contributed by atoms with Crippen molar-refractivity contribution in [1.82, 2.24) is 0 Å². The zero-order valence-corrected chi connectivity index (χ0v) is 24.7. The molecule has 9 heteroatoms. The number of hydrogen-bond donors (Lipinski definition) is 0. The van der Waals surface area contributed by atoms with Crippen LogP contribution in [0.3, 0.4) is 0 Å². The van der Waals surface area contributed by atoms with Crippen LogP contribution in [0.2, 0.25) is 0 Å². The molecule has 0 spiro atoms. The highest BCUT2D eigenvalue weighted by atomic mass is 16.7. The number of rotatable bonds is 16. The third kappa shape index (κ3) is 10.9. The van der Waals surface area contributed by atoms with Crippen LogP contribution in [0.15, 0.2) is 85.5 Å². The van der Waals surface area contributed by atoms with Gasteiger partial charge in [0, 0.05) is 12.5 Å². The molecule has 1 atom stereocenters. The van der Waals surface area contributed by atoms with Crippen molar-refractivity contribution in [3.05, 3.63) is 102 Å². The molecule has 9 nitrogen and oxygen atoms in total. The van der Waals surface area contributed by atoms with Gasteiger partial charge >= 0.3 is 17.9 Å². The normalized spacial score (nSPS) is 14.2. The lowest BCUT2D eigenvalue weighted by Gasteiger charge is -2.23. The van der Waals surface area contributed by atoms with Crippen LogP contribution < -0.4 is 14.2 Å². The predicted molar refractivity (Wildman–Crippen MR) is 163 cm³/mol. The van der Waals surface area contributed by atoms with Crippen LogP contribution in [0.5, 0.6) is 17.2 Å². The molecule has 1 fully saturated rings. The summed E-state index contributed by atoms with van der Waals surface area (Å²) in [6.07, 6.45) is 7.45. The van der Waals surface area contributed by atoms with E-state index in [2.05, 4.69) is 6.58 Å². The Bertz CT molecular complexity index is 1340. The molecule has 1 heterocycles. The summed E-state index contributed by atoms with van der Waals surface area (Å²) in [4.78, 5) is 36.0. The highest BCUT2D eigenvalue weighted by Gasteiger charge is 2.16. The third-order valence-corrected chi connectivity index (χ3v) is 6.81. The van der Waals surface area contributed by atoms with Gasteiger partial charge in [-0.3, -0.25) is 0 Å². The summed E-state index contributed by atoms with van der Waals surface area (Å²) < 4.78 is 33.0. The third-order valence-electron chi connectivity index (χ3n) is 6.81. The molecule has 1 unspecified atom stereocenters. The summed E-state index contributed by atoms with van der Waals surface area (Å²) in [7, 11) is 0. The van der Waals surface area contributed by atoms with E-state index in [1.54, 1.807) is 72.8 Å². The van der Waals surface area contributed by atoms with Crippen molar-refractivity contribution in [2.75, 3.05) is 19.8 Å². The Hall–Kier alpha value is -4.63. The van der Waals surface area contributed by atoms with Gasteiger partial charge in [0.25, 0.3) is 0 Å². The Kier molecular flexibility index (Phi) is 12.8. The number of hydrogen-bond acceptors (Lipinski definition) is 9. The smallest absolute Gasteiger partial charge is 0.343 e. The SMILES string of the molecule is C=CC(=O)OCCCCCCOc1ccc(C(=O)OCc2ccc(OC(=O)c3ccc(OC4CCCCO4)cc3)cc2)cc1. The van der Waals surface area contributed by atoms with Crippen molar-refractivity contribution >= 4 is 17.9 Å². The largest absolute Gasteiger partial charge is 0.494 e. The maximum atomic E-state index is 12.6. The molecule has 3 aromatic rings. The van der Waals surface area contributed by atoms with Gasteiger partial charge in [0.15, 0.2) is 6.29 Å². The fourth-order valence-corrected chi connectivity index (χ4v) is 4.34. The second-order valence-corrected chi connectivity index (χ2v) is 10.2. The van der Waals surface area contributed by atoms with Crippen molar-refractivity contribution in [1.29, 1.82) is 0 Å². The topological polar surface area (TPSA) is 107 Å². The summed E-state index contributed by atoms with van der Waals surface area (Å²) in [5.74, 6) is 0.357. The molecule has 0 N–H and O–H groups in total. The number of carbonyl (C=O) groups is 3. The molecule has 0 bridgehead atoms. The Morgan fingerprint density at radius 1 is 0.727 bits per heavy atom. The first-order valence-electron chi connectivity index (χ1n) is 14.9. The second kappa shape index (κ2) is 17.5. The van der Waals surface area contributed by atoms with E-state index in [1.807, 2.05) is 0 Å². The van der Waals surface area contributed by atoms with Gasteiger partial charge in [0.05, 0.1) is 30.9 Å². The molecule has 0 aromatic heterocycles. The lowest BCUT2D eigenvalue weighted by Crippen LogP contribution is -2.24. The first-order chi connectivity index (χ1) is 21.5. The fourth-order valence-electron chi connectivity index (χ4n) is 4.34. The lowest BCUT2D eigenvalue weighted by atomic mass is 10.2. The quantitative estimate of drug-likeness (QED) is 0.0754. The average molecular weight is 603 g/mol. The summed E-state index contributed by atoms with van der Waals surface area (Å²) in [6.45, 7) is 5.08. The molecule has 1 saturated heterocycles. The molecule has 0 radical (unpaired) electrons. The highest BCUT2D eigenvalue weighted by molar-refractivity contribution is 5.91. The highest BCUT2D eigenvalue weighted by Crippen LogP contribution is 2.21. The molecule has 0 aliphatic carbocycles. The van der Waals surface area contributed by atoms with Crippen LogP contribution in [0.4, 0.5) is 0 Å². The van der Waals surface area contributed by atoms with Crippen LogP contribution in [0, 0.1) is 0 Å². The summed E-state index contributed by atoms with van der Waals surface area (Å²) >= 11 is 0. The van der Waals surface area contributed by atoms with Gasteiger partial charge in [-0.05, 0) is 105 Å². The Morgan fingerprint density at radius 2 is 1.36 bits per heavy atom. The van der Waals surface area contributed by atoms with Gasteiger partial charge in [-0.1, -0.05) is 18.7 Å². The van der Waals surface area contributed by atoms with Gasteiger partial charge in [-0.25, -0.2) is 14.4 Å². The van der Waals surface area contributed by atoms with Gasteiger partial charge < -0.3 is 28.4 Å². The molecule has 1 aliphatic heterocycles. The van der Waals surface area contributed by atoms with Crippen molar-refractivity contribution in [2.24, 2.45) is 0 Å². The van der Waals surface area contributed by atoms with Gasteiger partial charge in [-0.2, -0.15) is 0 Å². The van der Waals surface area contributed by atoms with Crippen LogP contribution in [0.1, 0.15) is 71.2 Å². The van der Waals surface area contributed by atoms with Crippen molar-refractivity contribution in [3.8, 4) is 17.2 Å². The van der Waals surface area contributed by atoms with E-state index in [-0.39, 0.29) is 12.9 Å². The summed E-state index contributed by atoms with van der Waals surface area (Å²) in [5, 5.41) is 0. The maximum Gasteiger partial charge on any atom is 0.343 e. The Labute approximate surface area is 257 Å². The molecule has 3 aromatic carbocycles. The number of unbranched alkanes of at least 4 members (excludes halogenated alkanes) is 3. The number of ether oxygens (including phenoxy) is 6. The molecule has 4 rings (SSSR count). The molecular formula is C35H38O9. The molecular weight excluding hydrogens is 564 g/mol. The van der Waals surface area contributed by atoms with E-state index in [0.29, 0.717) is 48.2 Å². The predicted octanol–water partition coefficient (Wildman–Crippen LogP) is 6.84. The summed E-state index contributed by atoms with van der Waals surface area (Å²) in [6, 6.07) is 20.4. The van der Waals surface area contributed by atoms with Crippen LogP contribution in [0.25, 0.3) is 0 Å². The number of benzene rings is 3. The van der Waals surface area contributed by atoms with Crippen molar-refractivity contribution < 1.29 is 42.8 Å². The van der Waals surface area contributed by atoms with Gasteiger partial charge in [0.1, 0.15) is 23.9 Å². The van der Waals surface area contributed by atoms with Gasteiger partial charge in [0.2, 0.25) is 0 Å². The number of carbonyl (C=O) groups excluding carboxylic acids is 3. The van der Waals surface area contributed by atoms with Crippen molar-refractivity contribution in [3.63, 3.8) is 0 Å². The van der Waals surface area contributed by atoms with Gasteiger partial charge in [-0.15, -0.1) is 0 Å². The fraction of sp³-hybridized carbons (Fsp3) is 0.343. The van der Waals surface area contributed by atoms with E-state index in [9.17, 15) is 14.4 Å². The molecule has 1 aliphatic rings. The first-order valence-corrected chi connectivity index (χ1v) is 14.9.